The number of fused-ring (bicyclic) bond motifs is 3. The number of nitrogens with zero attached hydrogens (tertiary/aromatic N) is 1. The molecule has 2 heteroatoms. The maximum atomic E-state index is 3.62. The Balaban J connectivity index is 2.48. The lowest BCUT2D eigenvalue weighted by atomic mass is 10.1. The zero-order valence-corrected chi connectivity index (χ0v) is 10.4. The van der Waals surface area contributed by atoms with E-state index in [-0.39, 0.29) is 0 Å². The molecule has 0 unspecified atom stereocenters. The van der Waals surface area contributed by atoms with Crippen molar-refractivity contribution < 1.29 is 0 Å². The summed E-state index contributed by atoms with van der Waals surface area (Å²) in [5.41, 5.74) is 5.62. The molecule has 0 radical (unpaired) electrons. The highest BCUT2D eigenvalue weighted by Crippen LogP contribution is 2.36. The Bertz CT molecular complexity index is 590. The summed E-state index contributed by atoms with van der Waals surface area (Å²) >= 11 is 3.62. The second kappa shape index (κ2) is 2.99. The number of rotatable bonds is 0. The van der Waals surface area contributed by atoms with E-state index in [1.807, 2.05) is 0 Å². The molecule has 1 aliphatic rings. The van der Waals surface area contributed by atoms with Crippen molar-refractivity contribution in [1.82, 2.24) is 4.57 Å². The number of aromatic nitrogens is 1. The Hall–Kier alpha value is -1.02. The van der Waals surface area contributed by atoms with Crippen LogP contribution >= 0.6 is 15.9 Å². The molecule has 0 fully saturated rings. The summed E-state index contributed by atoms with van der Waals surface area (Å²) in [6.07, 6.45) is 3.39. The van der Waals surface area contributed by atoms with Crippen molar-refractivity contribution in [1.29, 1.82) is 0 Å². The average molecular weight is 262 g/mol. The van der Waals surface area contributed by atoms with Gasteiger partial charge in [-0.2, -0.15) is 0 Å². The van der Waals surface area contributed by atoms with Gasteiger partial charge in [-0.15, -0.1) is 0 Å². The SMILES string of the molecule is CC1=Cc2c(c3cccc(Br)c3n2C)C1. The molecular formula is C13H12BrN. The molecule has 0 amide bonds. The summed E-state index contributed by atoms with van der Waals surface area (Å²) in [5.74, 6) is 0. The molecule has 0 atom stereocenters. The first-order chi connectivity index (χ1) is 7.18. The Labute approximate surface area is 97.5 Å². The first kappa shape index (κ1) is 9.22. The van der Waals surface area contributed by atoms with Crippen LogP contribution in [0, 0.1) is 0 Å². The summed E-state index contributed by atoms with van der Waals surface area (Å²) < 4.78 is 3.47. The van der Waals surface area contributed by atoms with Gasteiger partial charge in [-0.05, 0) is 47.0 Å². The van der Waals surface area contributed by atoms with Crippen LogP contribution in [0.1, 0.15) is 18.2 Å². The normalized spacial score (nSPS) is 14.5. The lowest BCUT2D eigenvalue weighted by molar-refractivity contribution is 0.948. The van der Waals surface area contributed by atoms with Gasteiger partial charge >= 0.3 is 0 Å². The topological polar surface area (TPSA) is 4.93 Å². The van der Waals surface area contributed by atoms with Crippen LogP contribution in [-0.2, 0) is 13.5 Å². The maximum Gasteiger partial charge on any atom is 0.0629 e. The van der Waals surface area contributed by atoms with Crippen molar-refractivity contribution in [3.05, 3.63) is 39.5 Å². The zero-order valence-electron chi connectivity index (χ0n) is 8.84. The third kappa shape index (κ3) is 1.14. The van der Waals surface area contributed by atoms with Crippen LogP contribution in [0.2, 0.25) is 0 Å². The smallest absolute Gasteiger partial charge is 0.0629 e. The molecule has 0 saturated carbocycles. The first-order valence-electron chi connectivity index (χ1n) is 5.11. The van der Waals surface area contributed by atoms with Crippen molar-refractivity contribution in [3.63, 3.8) is 0 Å². The van der Waals surface area contributed by atoms with Crippen LogP contribution in [-0.4, -0.2) is 4.57 Å². The molecule has 3 rings (SSSR count). The fourth-order valence-electron chi connectivity index (χ4n) is 2.49. The Morgan fingerprint density at radius 3 is 2.93 bits per heavy atom. The Morgan fingerprint density at radius 2 is 2.13 bits per heavy atom. The number of hydrogen-bond acceptors (Lipinski definition) is 0. The molecule has 0 saturated heterocycles. The number of aryl methyl sites for hydroxylation is 1. The summed E-state index contributed by atoms with van der Waals surface area (Å²) in [6, 6.07) is 6.43. The van der Waals surface area contributed by atoms with Gasteiger partial charge in [0.05, 0.1) is 5.52 Å². The molecule has 1 aromatic heterocycles. The predicted molar refractivity (Wildman–Crippen MR) is 68.0 cm³/mol. The minimum Gasteiger partial charge on any atom is -0.343 e. The fourth-order valence-corrected chi connectivity index (χ4v) is 3.13. The summed E-state index contributed by atoms with van der Waals surface area (Å²) in [7, 11) is 2.14. The monoisotopic (exact) mass is 261 g/mol. The van der Waals surface area contributed by atoms with Crippen molar-refractivity contribution in [2.24, 2.45) is 7.05 Å². The van der Waals surface area contributed by atoms with Crippen LogP contribution in [0.15, 0.2) is 28.2 Å². The summed E-state index contributed by atoms with van der Waals surface area (Å²) in [4.78, 5) is 0. The summed E-state index contributed by atoms with van der Waals surface area (Å²) in [6.45, 7) is 2.20. The standard InChI is InChI=1S/C13H12BrN/c1-8-6-10-9-4-3-5-11(14)13(9)15(2)12(10)7-8/h3-5,7H,6H2,1-2H3. The molecule has 1 aliphatic carbocycles. The third-order valence-electron chi connectivity index (χ3n) is 3.16. The number of allylic oxidation sites excluding steroid dienone is 1. The highest BCUT2D eigenvalue weighted by atomic mass is 79.9. The van der Waals surface area contributed by atoms with Crippen LogP contribution in [0.3, 0.4) is 0 Å². The van der Waals surface area contributed by atoms with E-state index in [9.17, 15) is 0 Å². The highest BCUT2D eigenvalue weighted by Gasteiger charge is 2.19. The minimum atomic E-state index is 1.10. The largest absolute Gasteiger partial charge is 0.343 e. The molecule has 0 spiro atoms. The van der Waals surface area contributed by atoms with Gasteiger partial charge in [-0.25, -0.2) is 0 Å². The second-order valence-corrected chi connectivity index (χ2v) is 5.08. The molecular weight excluding hydrogens is 250 g/mol. The highest BCUT2D eigenvalue weighted by molar-refractivity contribution is 9.10. The van der Waals surface area contributed by atoms with E-state index in [1.54, 1.807) is 0 Å². The van der Waals surface area contributed by atoms with E-state index in [1.165, 1.54) is 32.2 Å². The lowest BCUT2D eigenvalue weighted by Gasteiger charge is -2.01. The summed E-state index contributed by atoms with van der Waals surface area (Å²) in [5, 5.41) is 1.38. The van der Waals surface area contributed by atoms with Gasteiger partial charge in [0.2, 0.25) is 0 Å². The van der Waals surface area contributed by atoms with Gasteiger partial charge in [-0.3, -0.25) is 0 Å². The molecule has 1 heterocycles. The van der Waals surface area contributed by atoms with Gasteiger partial charge in [0, 0.05) is 22.6 Å². The fraction of sp³-hybridized carbons (Fsp3) is 0.231. The number of hydrogen-bond donors (Lipinski definition) is 0. The number of halogens is 1. The van der Waals surface area contributed by atoms with Gasteiger partial charge in [0.1, 0.15) is 0 Å². The number of para-hydroxylation sites is 1. The van der Waals surface area contributed by atoms with Crippen LogP contribution in [0.4, 0.5) is 0 Å². The van der Waals surface area contributed by atoms with Gasteiger partial charge in [0.25, 0.3) is 0 Å². The molecule has 1 nitrogen and oxygen atoms in total. The van der Waals surface area contributed by atoms with E-state index < -0.39 is 0 Å². The predicted octanol–water partition coefficient (Wildman–Crippen LogP) is 3.90. The van der Waals surface area contributed by atoms with Gasteiger partial charge in [-0.1, -0.05) is 17.7 Å². The van der Waals surface area contributed by atoms with Crippen molar-refractivity contribution in [2.45, 2.75) is 13.3 Å². The van der Waals surface area contributed by atoms with E-state index in [0.717, 1.165) is 6.42 Å². The second-order valence-electron chi connectivity index (χ2n) is 4.23. The average Bonchev–Trinajstić information content (AvgIpc) is 2.68. The van der Waals surface area contributed by atoms with Gasteiger partial charge < -0.3 is 4.57 Å². The molecule has 15 heavy (non-hydrogen) atoms. The molecule has 2 aromatic rings. The van der Waals surface area contributed by atoms with Gasteiger partial charge in [0.15, 0.2) is 0 Å². The third-order valence-corrected chi connectivity index (χ3v) is 3.80. The zero-order chi connectivity index (χ0) is 10.6. The van der Waals surface area contributed by atoms with Crippen LogP contribution in [0.5, 0.6) is 0 Å². The van der Waals surface area contributed by atoms with Crippen LogP contribution < -0.4 is 0 Å². The van der Waals surface area contributed by atoms with E-state index in [2.05, 4.69) is 58.7 Å². The van der Waals surface area contributed by atoms with E-state index in [4.69, 9.17) is 0 Å². The van der Waals surface area contributed by atoms with E-state index >= 15 is 0 Å². The maximum absolute atomic E-state index is 3.62. The molecule has 1 aromatic carbocycles. The minimum absolute atomic E-state index is 1.10. The van der Waals surface area contributed by atoms with E-state index in [0.29, 0.717) is 0 Å². The number of benzene rings is 1. The first-order valence-corrected chi connectivity index (χ1v) is 5.90. The molecule has 76 valence electrons. The van der Waals surface area contributed by atoms with Crippen molar-refractivity contribution in [2.75, 3.05) is 0 Å². The van der Waals surface area contributed by atoms with Crippen molar-refractivity contribution in [3.8, 4) is 0 Å². The quantitative estimate of drug-likeness (QED) is 0.678. The molecule has 0 bridgehead atoms. The Kier molecular flexibility index (Phi) is 1.84. The Morgan fingerprint density at radius 1 is 1.33 bits per heavy atom. The molecule has 0 aliphatic heterocycles. The van der Waals surface area contributed by atoms with Crippen LogP contribution in [0.25, 0.3) is 17.0 Å². The van der Waals surface area contributed by atoms with Crippen molar-refractivity contribution >= 4 is 32.9 Å². The molecule has 0 N–H and O–H groups in total. The lowest BCUT2D eigenvalue weighted by Crippen LogP contribution is -1.90.